The fourth-order valence-corrected chi connectivity index (χ4v) is 2.71. The first-order chi connectivity index (χ1) is 10.8. The molecule has 1 aromatic heterocycles. The second-order valence-electron chi connectivity index (χ2n) is 5.31. The molecule has 2 aromatic rings. The highest BCUT2D eigenvalue weighted by Gasteiger charge is 2.21. The fourth-order valence-electron chi connectivity index (χ4n) is 2.71. The number of nitrogens with one attached hydrogen (secondary N) is 1. The van der Waals surface area contributed by atoms with E-state index in [1.54, 1.807) is 31.8 Å². The Hall–Kier alpha value is -2.37. The van der Waals surface area contributed by atoms with E-state index in [9.17, 15) is 4.39 Å². The molecule has 0 aliphatic carbocycles. The van der Waals surface area contributed by atoms with Gasteiger partial charge in [0, 0.05) is 37.6 Å². The first-order valence-corrected chi connectivity index (χ1v) is 7.37. The SMILES string of the molecule is COc1cc(F)ccc1NC1CCN(c2cnccn2)CC1. The van der Waals surface area contributed by atoms with Crippen molar-refractivity contribution in [3.05, 3.63) is 42.6 Å². The Morgan fingerprint density at radius 2 is 2.09 bits per heavy atom. The summed E-state index contributed by atoms with van der Waals surface area (Å²) in [5, 5.41) is 3.45. The predicted octanol–water partition coefficient (Wildman–Crippen LogP) is 2.71. The van der Waals surface area contributed by atoms with Gasteiger partial charge >= 0.3 is 0 Å². The molecule has 6 heteroatoms. The first-order valence-electron chi connectivity index (χ1n) is 7.37. The number of benzene rings is 1. The Morgan fingerprint density at radius 3 is 2.77 bits per heavy atom. The lowest BCUT2D eigenvalue weighted by Crippen LogP contribution is -2.39. The molecule has 0 atom stereocenters. The van der Waals surface area contributed by atoms with Gasteiger partial charge in [-0.15, -0.1) is 0 Å². The number of rotatable bonds is 4. The Labute approximate surface area is 129 Å². The maximum atomic E-state index is 13.2. The summed E-state index contributed by atoms with van der Waals surface area (Å²) in [6, 6.07) is 4.91. The summed E-state index contributed by atoms with van der Waals surface area (Å²) in [6.07, 6.45) is 7.15. The standard InChI is InChI=1S/C16H19FN4O/c1-22-15-10-12(17)2-3-14(15)20-13-4-8-21(9-5-13)16-11-18-6-7-19-16/h2-3,6-7,10-11,13,20H,4-5,8-9H2,1H3. The third kappa shape index (κ3) is 3.27. The molecule has 3 rings (SSSR count). The maximum Gasteiger partial charge on any atom is 0.147 e. The van der Waals surface area contributed by atoms with Crippen LogP contribution in [0.1, 0.15) is 12.8 Å². The van der Waals surface area contributed by atoms with E-state index in [1.165, 1.54) is 12.1 Å². The molecular formula is C16H19FN4O. The number of aromatic nitrogens is 2. The van der Waals surface area contributed by atoms with Crippen LogP contribution in [0.5, 0.6) is 5.75 Å². The number of halogens is 1. The summed E-state index contributed by atoms with van der Waals surface area (Å²) in [4.78, 5) is 10.7. The maximum absolute atomic E-state index is 13.2. The third-order valence-electron chi connectivity index (χ3n) is 3.89. The van der Waals surface area contributed by atoms with Gasteiger partial charge in [0.05, 0.1) is 19.0 Å². The minimum atomic E-state index is -0.292. The monoisotopic (exact) mass is 302 g/mol. The number of anilines is 2. The van der Waals surface area contributed by atoms with Gasteiger partial charge in [0.15, 0.2) is 0 Å². The summed E-state index contributed by atoms with van der Waals surface area (Å²) in [6.45, 7) is 1.83. The normalized spacial score (nSPS) is 15.6. The summed E-state index contributed by atoms with van der Waals surface area (Å²) in [7, 11) is 1.55. The van der Waals surface area contributed by atoms with Gasteiger partial charge < -0.3 is 15.0 Å². The average molecular weight is 302 g/mol. The van der Waals surface area contributed by atoms with Crippen molar-refractivity contribution in [1.82, 2.24) is 9.97 Å². The molecule has 1 N–H and O–H groups in total. The third-order valence-corrected chi connectivity index (χ3v) is 3.89. The van der Waals surface area contributed by atoms with Gasteiger partial charge in [-0.1, -0.05) is 0 Å². The Morgan fingerprint density at radius 1 is 1.27 bits per heavy atom. The molecule has 1 fully saturated rings. The summed E-state index contributed by atoms with van der Waals surface area (Å²) in [5.74, 6) is 1.16. The average Bonchev–Trinajstić information content (AvgIpc) is 2.58. The molecule has 0 bridgehead atoms. The van der Waals surface area contributed by atoms with E-state index in [-0.39, 0.29) is 5.82 Å². The van der Waals surface area contributed by atoms with Gasteiger partial charge in [-0.3, -0.25) is 4.98 Å². The van der Waals surface area contributed by atoms with Gasteiger partial charge in [0.2, 0.25) is 0 Å². The Bertz CT molecular complexity index is 615. The largest absolute Gasteiger partial charge is 0.494 e. The van der Waals surface area contributed by atoms with Crippen LogP contribution >= 0.6 is 0 Å². The van der Waals surface area contributed by atoms with Crippen molar-refractivity contribution in [1.29, 1.82) is 0 Å². The van der Waals surface area contributed by atoms with Crippen molar-refractivity contribution < 1.29 is 9.13 Å². The van der Waals surface area contributed by atoms with E-state index in [0.717, 1.165) is 37.4 Å². The van der Waals surface area contributed by atoms with Crippen LogP contribution in [-0.2, 0) is 0 Å². The topological polar surface area (TPSA) is 50.3 Å². The molecule has 5 nitrogen and oxygen atoms in total. The highest BCUT2D eigenvalue weighted by atomic mass is 19.1. The molecule has 1 saturated heterocycles. The lowest BCUT2D eigenvalue weighted by Gasteiger charge is -2.33. The second kappa shape index (κ2) is 6.60. The zero-order valence-electron chi connectivity index (χ0n) is 12.5. The Kier molecular flexibility index (Phi) is 4.37. The van der Waals surface area contributed by atoms with Crippen LogP contribution in [0.15, 0.2) is 36.8 Å². The van der Waals surface area contributed by atoms with Crippen molar-refractivity contribution in [2.45, 2.75) is 18.9 Å². The summed E-state index contributed by atoms with van der Waals surface area (Å²) in [5.41, 5.74) is 0.835. The van der Waals surface area contributed by atoms with Crippen molar-refractivity contribution in [2.24, 2.45) is 0 Å². The van der Waals surface area contributed by atoms with Crippen LogP contribution in [0, 0.1) is 5.82 Å². The number of ether oxygens (including phenoxy) is 1. The van der Waals surface area contributed by atoms with Gasteiger partial charge in [0.25, 0.3) is 0 Å². The molecule has 1 aliphatic heterocycles. The molecule has 0 radical (unpaired) electrons. The van der Waals surface area contributed by atoms with E-state index >= 15 is 0 Å². The highest BCUT2D eigenvalue weighted by Crippen LogP contribution is 2.28. The molecule has 0 amide bonds. The van der Waals surface area contributed by atoms with Crippen LogP contribution in [0.25, 0.3) is 0 Å². The molecular weight excluding hydrogens is 283 g/mol. The smallest absolute Gasteiger partial charge is 0.147 e. The summed E-state index contributed by atoms with van der Waals surface area (Å²) >= 11 is 0. The molecule has 22 heavy (non-hydrogen) atoms. The number of hydrogen-bond acceptors (Lipinski definition) is 5. The zero-order chi connectivity index (χ0) is 15.4. The molecule has 0 saturated carbocycles. The molecule has 116 valence electrons. The fraction of sp³-hybridized carbons (Fsp3) is 0.375. The number of methoxy groups -OCH3 is 1. The van der Waals surface area contributed by atoms with Crippen LogP contribution < -0.4 is 15.0 Å². The van der Waals surface area contributed by atoms with E-state index in [2.05, 4.69) is 20.2 Å². The van der Waals surface area contributed by atoms with E-state index in [1.807, 2.05) is 0 Å². The minimum Gasteiger partial charge on any atom is -0.494 e. The summed E-state index contributed by atoms with van der Waals surface area (Å²) < 4.78 is 18.5. The lowest BCUT2D eigenvalue weighted by molar-refractivity contribution is 0.411. The molecule has 1 aliphatic rings. The van der Waals surface area contributed by atoms with Gasteiger partial charge in [-0.2, -0.15) is 0 Å². The molecule has 0 unspecified atom stereocenters. The highest BCUT2D eigenvalue weighted by molar-refractivity contribution is 5.57. The van der Waals surface area contributed by atoms with Crippen molar-refractivity contribution in [3.8, 4) is 5.75 Å². The minimum absolute atomic E-state index is 0.292. The van der Waals surface area contributed by atoms with Crippen molar-refractivity contribution in [2.75, 3.05) is 30.4 Å². The van der Waals surface area contributed by atoms with Crippen LogP contribution in [-0.4, -0.2) is 36.2 Å². The molecule has 0 spiro atoms. The lowest BCUT2D eigenvalue weighted by atomic mass is 10.0. The van der Waals surface area contributed by atoms with Crippen molar-refractivity contribution in [3.63, 3.8) is 0 Å². The molecule has 1 aromatic carbocycles. The van der Waals surface area contributed by atoms with Crippen LogP contribution in [0.4, 0.5) is 15.9 Å². The van der Waals surface area contributed by atoms with Crippen molar-refractivity contribution >= 4 is 11.5 Å². The quantitative estimate of drug-likeness (QED) is 0.941. The number of hydrogen-bond donors (Lipinski definition) is 1. The van der Waals surface area contributed by atoms with E-state index < -0.39 is 0 Å². The van der Waals surface area contributed by atoms with Crippen LogP contribution in [0.2, 0.25) is 0 Å². The first kappa shape index (κ1) is 14.6. The number of piperidine rings is 1. The van der Waals surface area contributed by atoms with Crippen LogP contribution in [0.3, 0.4) is 0 Å². The zero-order valence-corrected chi connectivity index (χ0v) is 12.5. The number of nitrogens with zero attached hydrogens (tertiary/aromatic N) is 3. The predicted molar refractivity (Wildman–Crippen MR) is 83.8 cm³/mol. The van der Waals surface area contributed by atoms with E-state index in [4.69, 9.17) is 4.74 Å². The Balaban J connectivity index is 1.60. The van der Waals surface area contributed by atoms with E-state index in [0.29, 0.717) is 11.8 Å². The molecule has 2 heterocycles. The van der Waals surface area contributed by atoms with Gasteiger partial charge in [0.1, 0.15) is 17.4 Å². The second-order valence-corrected chi connectivity index (χ2v) is 5.31. The van der Waals surface area contributed by atoms with Gasteiger partial charge in [-0.25, -0.2) is 9.37 Å². The van der Waals surface area contributed by atoms with Gasteiger partial charge in [-0.05, 0) is 25.0 Å².